The van der Waals surface area contributed by atoms with Crippen molar-refractivity contribution in [2.45, 2.75) is 20.1 Å². The van der Waals surface area contributed by atoms with E-state index in [-0.39, 0.29) is 0 Å². The van der Waals surface area contributed by atoms with E-state index in [2.05, 4.69) is 60.8 Å². The largest absolute Gasteiger partial charge is 0.489 e. The van der Waals surface area contributed by atoms with Gasteiger partial charge in [-0.15, -0.1) is 0 Å². The summed E-state index contributed by atoms with van der Waals surface area (Å²) < 4.78 is 5.80. The Balaban J connectivity index is 1.51. The molecule has 2 heteroatoms. The van der Waals surface area contributed by atoms with Crippen LogP contribution in [-0.2, 0) is 13.2 Å². The number of rotatable bonds is 6. The van der Waals surface area contributed by atoms with Crippen LogP contribution in [-0.4, -0.2) is 0 Å². The fourth-order valence-corrected chi connectivity index (χ4v) is 2.32. The topological polar surface area (TPSA) is 21.3 Å². The van der Waals surface area contributed by atoms with Crippen molar-refractivity contribution in [1.82, 2.24) is 0 Å². The molecule has 0 atom stereocenters. The number of nitrogens with one attached hydrogen (secondary N) is 1. The third-order valence-corrected chi connectivity index (χ3v) is 3.72. The SMILES string of the molecule is Cc1ccc(CNc2ccc(OCc3ccccc3)cc2)cc1. The van der Waals surface area contributed by atoms with Crippen LogP contribution in [0.2, 0.25) is 0 Å². The van der Waals surface area contributed by atoms with E-state index >= 15 is 0 Å². The highest BCUT2D eigenvalue weighted by Gasteiger charge is 1.98. The van der Waals surface area contributed by atoms with Crippen molar-refractivity contribution in [2.75, 3.05) is 5.32 Å². The van der Waals surface area contributed by atoms with Gasteiger partial charge in [-0.1, -0.05) is 60.2 Å². The number of ether oxygens (including phenoxy) is 1. The van der Waals surface area contributed by atoms with E-state index in [1.165, 1.54) is 16.7 Å². The van der Waals surface area contributed by atoms with E-state index in [9.17, 15) is 0 Å². The van der Waals surface area contributed by atoms with Gasteiger partial charge in [-0.2, -0.15) is 0 Å². The molecule has 0 aliphatic heterocycles. The van der Waals surface area contributed by atoms with Gasteiger partial charge < -0.3 is 10.1 Å². The summed E-state index contributed by atoms with van der Waals surface area (Å²) in [6, 6.07) is 26.9. The molecule has 0 saturated heterocycles. The molecule has 0 spiro atoms. The average molecular weight is 303 g/mol. The van der Waals surface area contributed by atoms with Crippen LogP contribution in [0.5, 0.6) is 5.75 Å². The van der Waals surface area contributed by atoms with Gasteiger partial charge in [0, 0.05) is 12.2 Å². The van der Waals surface area contributed by atoms with Crippen LogP contribution in [0.15, 0.2) is 78.9 Å². The molecule has 0 radical (unpaired) electrons. The number of anilines is 1. The van der Waals surface area contributed by atoms with Gasteiger partial charge in [0.2, 0.25) is 0 Å². The highest BCUT2D eigenvalue weighted by molar-refractivity contribution is 5.46. The van der Waals surface area contributed by atoms with Crippen LogP contribution >= 0.6 is 0 Å². The molecule has 3 aromatic carbocycles. The molecular formula is C21H21NO. The summed E-state index contributed by atoms with van der Waals surface area (Å²) in [6.45, 7) is 3.52. The maximum atomic E-state index is 5.80. The van der Waals surface area contributed by atoms with Crippen LogP contribution in [0.1, 0.15) is 16.7 Å². The lowest BCUT2D eigenvalue weighted by Gasteiger charge is -2.09. The molecule has 0 unspecified atom stereocenters. The Morgan fingerprint density at radius 3 is 2.13 bits per heavy atom. The maximum absolute atomic E-state index is 5.80. The van der Waals surface area contributed by atoms with Crippen LogP contribution in [0.25, 0.3) is 0 Å². The highest BCUT2D eigenvalue weighted by atomic mass is 16.5. The summed E-state index contributed by atoms with van der Waals surface area (Å²) in [4.78, 5) is 0. The molecular weight excluding hydrogens is 282 g/mol. The molecule has 23 heavy (non-hydrogen) atoms. The summed E-state index contributed by atoms with van der Waals surface area (Å²) in [6.07, 6.45) is 0. The fourth-order valence-electron chi connectivity index (χ4n) is 2.32. The van der Waals surface area contributed by atoms with Crippen molar-refractivity contribution in [3.63, 3.8) is 0 Å². The fraction of sp³-hybridized carbons (Fsp3) is 0.143. The second-order valence-corrected chi connectivity index (χ2v) is 5.64. The number of hydrogen-bond acceptors (Lipinski definition) is 2. The zero-order valence-electron chi connectivity index (χ0n) is 13.3. The minimum absolute atomic E-state index is 0.594. The predicted octanol–water partition coefficient (Wildman–Crippen LogP) is 5.19. The van der Waals surface area contributed by atoms with E-state index in [1.54, 1.807) is 0 Å². The summed E-state index contributed by atoms with van der Waals surface area (Å²) in [5, 5.41) is 3.43. The molecule has 0 aromatic heterocycles. The van der Waals surface area contributed by atoms with Crippen molar-refractivity contribution in [3.8, 4) is 5.75 Å². The monoisotopic (exact) mass is 303 g/mol. The van der Waals surface area contributed by atoms with Gasteiger partial charge in [0.1, 0.15) is 12.4 Å². The van der Waals surface area contributed by atoms with E-state index < -0.39 is 0 Å². The standard InChI is InChI=1S/C21H21NO/c1-17-7-9-18(10-8-17)15-22-20-11-13-21(14-12-20)23-16-19-5-3-2-4-6-19/h2-14,22H,15-16H2,1H3. The molecule has 1 N–H and O–H groups in total. The van der Waals surface area contributed by atoms with Crippen molar-refractivity contribution in [1.29, 1.82) is 0 Å². The highest BCUT2D eigenvalue weighted by Crippen LogP contribution is 2.18. The molecule has 0 aliphatic carbocycles. The Labute approximate surface area is 137 Å². The van der Waals surface area contributed by atoms with E-state index in [0.29, 0.717) is 6.61 Å². The molecule has 0 fully saturated rings. The molecule has 0 aliphatic rings. The Hall–Kier alpha value is -2.74. The maximum Gasteiger partial charge on any atom is 0.119 e. The zero-order valence-corrected chi connectivity index (χ0v) is 13.3. The minimum Gasteiger partial charge on any atom is -0.489 e. The molecule has 0 bridgehead atoms. The average Bonchev–Trinajstić information content (AvgIpc) is 2.61. The molecule has 116 valence electrons. The van der Waals surface area contributed by atoms with E-state index in [0.717, 1.165) is 18.0 Å². The second kappa shape index (κ2) is 7.50. The van der Waals surface area contributed by atoms with Gasteiger partial charge in [0.15, 0.2) is 0 Å². The summed E-state index contributed by atoms with van der Waals surface area (Å²) in [5.74, 6) is 0.884. The van der Waals surface area contributed by atoms with Gasteiger partial charge in [0.05, 0.1) is 0 Å². The molecule has 3 rings (SSSR count). The van der Waals surface area contributed by atoms with Crippen LogP contribution in [0.3, 0.4) is 0 Å². The second-order valence-electron chi connectivity index (χ2n) is 5.64. The number of hydrogen-bond donors (Lipinski definition) is 1. The smallest absolute Gasteiger partial charge is 0.119 e. The summed E-state index contributed by atoms with van der Waals surface area (Å²) in [7, 11) is 0. The van der Waals surface area contributed by atoms with E-state index in [1.807, 2.05) is 30.3 Å². The minimum atomic E-state index is 0.594. The number of aryl methyl sites for hydroxylation is 1. The molecule has 0 saturated carbocycles. The Kier molecular flexibility index (Phi) is 4.95. The molecule has 0 heterocycles. The normalized spacial score (nSPS) is 10.3. The summed E-state index contributed by atoms with van der Waals surface area (Å²) in [5.41, 5.74) is 4.83. The quantitative estimate of drug-likeness (QED) is 0.677. The van der Waals surface area contributed by atoms with Crippen LogP contribution in [0, 0.1) is 6.92 Å². The van der Waals surface area contributed by atoms with Gasteiger partial charge >= 0.3 is 0 Å². The van der Waals surface area contributed by atoms with Crippen molar-refractivity contribution in [2.24, 2.45) is 0 Å². The van der Waals surface area contributed by atoms with Crippen molar-refractivity contribution < 1.29 is 4.74 Å². The lowest BCUT2D eigenvalue weighted by molar-refractivity contribution is 0.306. The number of benzene rings is 3. The van der Waals surface area contributed by atoms with Gasteiger partial charge in [0.25, 0.3) is 0 Å². The Morgan fingerprint density at radius 1 is 0.739 bits per heavy atom. The predicted molar refractivity (Wildman–Crippen MR) is 95.7 cm³/mol. The first-order valence-corrected chi connectivity index (χ1v) is 7.86. The Bertz CT molecular complexity index is 718. The van der Waals surface area contributed by atoms with Gasteiger partial charge in [-0.05, 0) is 42.3 Å². The third-order valence-electron chi connectivity index (χ3n) is 3.72. The van der Waals surface area contributed by atoms with Crippen molar-refractivity contribution in [3.05, 3.63) is 95.6 Å². The third kappa shape index (κ3) is 4.62. The first kappa shape index (κ1) is 15.2. The van der Waals surface area contributed by atoms with Gasteiger partial charge in [-0.3, -0.25) is 0 Å². The van der Waals surface area contributed by atoms with Crippen LogP contribution in [0.4, 0.5) is 5.69 Å². The lowest BCUT2D eigenvalue weighted by atomic mass is 10.1. The van der Waals surface area contributed by atoms with Gasteiger partial charge in [-0.25, -0.2) is 0 Å². The molecule has 0 amide bonds. The molecule has 2 nitrogen and oxygen atoms in total. The summed E-state index contributed by atoms with van der Waals surface area (Å²) >= 11 is 0. The zero-order chi connectivity index (χ0) is 15.9. The first-order chi connectivity index (χ1) is 11.3. The molecule has 3 aromatic rings. The Morgan fingerprint density at radius 2 is 1.43 bits per heavy atom. The van der Waals surface area contributed by atoms with Crippen LogP contribution < -0.4 is 10.1 Å². The first-order valence-electron chi connectivity index (χ1n) is 7.86. The van der Waals surface area contributed by atoms with E-state index in [4.69, 9.17) is 4.74 Å². The van der Waals surface area contributed by atoms with Crippen molar-refractivity contribution >= 4 is 5.69 Å². The lowest BCUT2D eigenvalue weighted by Crippen LogP contribution is -1.99.